The maximum Gasteiger partial charge on any atom is 0.273 e. The van der Waals surface area contributed by atoms with Crippen molar-refractivity contribution in [1.82, 2.24) is 4.90 Å². The number of nitrogens with zero attached hydrogens (tertiary/aromatic N) is 2. The van der Waals surface area contributed by atoms with Crippen molar-refractivity contribution in [2.24, 2.45) is 0 Å². The lowest BCUT2D eigenvalue weighted by atomic mass is 9.96. The van der Waals surface area contributed by atoms with Gasteiger partial charge in [0.1, 0.15) is 0 Å². The minimum Gasteiger partial charge on any atom is -0.268 e. The third kappa shape index (κ3) is 3.69. The molecular formula is C25H14N2O4S2. The first-order chi connectivity index (χ1) is 15.9. The zero-order chi connectivity index (χ0) is 23.1. The van der Waals surface area contributed by atoms with Crippen LogP contribution in [0.15, 0.2) is 83.8 Å². The van der Waals surface area contributed by atoms with Gasteiger partial charge < -0.3 is 0 Å². The van der Waals surface area contributed by atoms with Gasteiger partial charge in [-0.1, -0.05) is 78.6 Å². The molecule has 4 aromatic rings. The number of nitro benzene ring substituents is 1. The van der Waals surface area contributed by atoms with Gasteiger partial charge in [0.2, 0.25) is 0 Å². The molecule has 33 heavy (non-hydrogen) atoms. The van der Waals surface area contributed by atoms with Crippen molar-refractivity contribution in [1.29, 1.82) is 0 Å². The molecule has 0 bridgehead atoms. The molecule has 0 saturated carbocycles. The van der Waals surface area contributed by atoms with Crippen LogP contribution in [0.4, 0.5) is 5.69 Å². The van der Waals surface area contributed by atoms with Crippen molar-refractivity contribution in [3.8, 4) is 0 Å². The van der Waals surface area contributed by atoms with E-state index in [1.54, 1.807) is 6.08 Å². The Kier molecular flexibility index (Phi) is 5.24. The molecule has 4 aromatic carbocycles. The zero-order valence-corrected chi connectivity index (χ0v) is 18.6. The van der Waals surface area contributed by atoms with E-state index in [9.17, 15) is 19.7 Å². The third-order valence-electron chi connectivity index (χ3n) is 5.39. The van der Waals surface area contributed by atoms with Gasteiger partial charge in [0, 0.05) is 17.7 Å². The van der Waals surface area contributed by atoms with Crippen LogP contribution in [-0.2, 0) is 4.79 Å². The Hall–Kier alpha value is -3.88. The van der Waals surface area contributed by atoms with Gasteiger partial charge in [-0.15, -0.1) is 0 Å². The van der Waals surface area contributed by atoms with Crippen LogP contribution in [0.5, 0.6) is 0 Å². The van der Waals surface area contributed by atoms with Gasteiger partial charge in [-0.25, -0.2) is 4.90 Å². The second kappa shape index (κ2) is 8.23. The van der Waals surface area contributed by atoms with Gasteiger partial charge >= 0.3 is 0 Å². The van der Waals surface area contributed by atoms with E-state index in [1.807, 2.05) is 48.5 Å². The summed E-state index contributed by atoms with van der Waals surface area (Å²) in [5.41, 5.74) is 0.661. The molecule has 1 aliphatic rings. The summed E-state index contributed by atoms with van der Waals surface area (Å²) in [5.74, 6) is -1.23. The standard InChI is InChI=1S/C25H14N2O4S2/c28-23(17-8-5-9-18(13-17)27(30)31)26-24(29)22(33-25(26)32)14-21-19-10-3-1-6-15(19)12-16-7-2-4-11-20(16)21/h1-14H/b22-14-. The predicted molar refractivity (Wildman–Crippen MR) is 134 cm³/mol. The van der Waals surface area contributed by atoms with E-state index in [2.05, 4.69) is 6.07 Å². The smallest absolute Gasteiger partial charge is 0.268 e. The van der Waals surface area contributed by atoms with Crippen molar-refractivity contribution in [2.45, 2.75) is 0 Å². The molecule has 5 rings (SSSR count). The minimum absolute atomic E-state index is 0.0253. The molecular weight excluding hydrogens is 456 g/mol. The second-order valence-corrected chi connectivity index (χ2v) is 9.04. The largest absolute Gasteiger partial charge is 0.273 e. The minimum atomic E-state index is -0.688. The first-order valence-corrected chi connectivity index (χ1v) is 11.1. The van der Waals surface area contributed by atoms with E-state index >= 15 is 0 Å². The fourth-order valence-electron chi connectivity index (χ4n) is 3.86. The average molecular weight is 471 g/mol. The molecule has 0 N–H and O–H groups in total. The lowest BCUT2D eigenvalue weighted by molar-refractivity contribution is -0.384. The van der Waals surface area contributed by atoms with E-state index in [1.165, 1.54) is 18.2 Å². The molecule has 0 aliphatic carbocycles. The van der Waals surface area contributed by atoms with Crippen molar-refractivity contribution < 1.29 is 14.5 Å². The molecule has 0 spiro atoms. The highest BCUT2D eigenvalue weighted by molar-refractivity contribution is 8.26. The van der Waals surface area contributed by atoms with Gasteiger partial charge in [0.05, 0.1) is 9.83 Å². The molecule has 2 amide bonds. The number of hydrogen-bond donors (Lipinski definition) is 0. The Morgan fingerprint density at radius 3 is 2.21 bits per heavy atom. The Morgan fingerprint density at radius 2 is 1.58 bits per heavy atom. The SMILES string of the molecule is O=C1/C(=C/c2c3ccccc3cc3ccccc23)SC(=S)N1C(=O)c1cccc([N+](=O)[O-])c1. The Bertz CT molecular complexity index is 1490. The topological polar surface area (TPSA) is 80.5 Å². The molecule has 1 fully saturated rings. The van der Waals surface area contributed by atoms with Crippen molar-refractivity contribution >= 4 is 73.4 Å². The van der Waals surface area contributed by atoms with Crippen molar-refractivity contribution in [3.63, 3.8) is 0 Å². The van der Waals surface area contributed by atoms with Crippen LogP contribution in [0.25, 0.3) is 27.6 Å². The van der Waals surface area contributed by atoms with Gasteiger partial charge in [-0.05, 0) is 45.3 Å². The summed E-state index contributed by atoms with van der Waals surface area (Å²) in [6.07, 6.45) is 1.77. The number of imide groups is 1. The second-order valence-electron chi connectivity index (χ2n) is 7.36. The van der Waals surface area contributed by atoms with E-state index in [4.69, 9.17) is 12.2 Å². The van der Waals surface area contributed by atoms with E-state index in [0.29, 0.717) is 4.91 Å². The predicted octanol–water partition coefficient (Wildman–Crippen LogP) is 5.94. The molecule has 0 unspecified atom stereocenters. The first-order valence-electron chi connectivity index (χ1n) is 9.91. The molecule has 1 saturated heterocycles. The lowest BCUT2D eigenvalue weighted by Crippen LogP contribution is -2.34. The molecule has 8 heteroatoms. The highest BCUT2D eigenvalue weighted by atomic mass is 32.2. The first kappa shape index (κ1) is 21.0. The number of rotatable bonds is 3. The molecule has 0 radical (unpaired) electrons. The van der Waals surface area contributed by atoms with Gasteiger partial charge in [0.15, 0.2) is 4.32 Å². The maximum absolute atomic E-state index is 13.2. The summed E-state index contributed by atoms with van der Waals surface area (Å²) in [6.45, 7) is 0. The maximum atomic E-state index is 13.2. The number of benzene rings is 4. The molecule has 0 aromatic heterocycles. The Labute approximate surface area is 197 Å². The Morgan fingerprint density at radius 1 is 0.939 bits per heavy atom. The van der Waals surface area contributed by atoms with E-state index < -0.39 is 16.7 Å². The van der Waals surface area contributed by atoms with Crippen LogP contribution >= 0.6 is 24.0 Å². The highest BCUT2D eigenvalue weighted by Crippen LogP contribution is 2.37. The van der Waals surface area contributed by atoms with E-state index in [-0.39, 0.29) is 15.6 Å². The number of fused-ring (bicyclic) bond motifs is 2. The Balaban J connectivity index is 1.59. The summed E-state index contributed by atoms with van der Waals surface area (Å²) in [7, 11) is 0. The lowest BCUT2D eigenvalue weighted by Gasteiger charge is -2.12. The number of carbonyl (C=O) groups excluding carboxylic acids is 2. The van der Waals surface area contributed by atoms with Crippen LogP contribution in [0, 0.1) is 10.1 Å². The summed E-state index contributed by atoms with van der Waals surface area (Å²) >= 11 is 6.38. The van der Waals surface area contributed by atoms with Crippen LogP contribution in [-0.4, -0.2) is 26.0 Å². The summed E-state index contributed by atoms with van der Waals surface area (Å²) in [5, 5.41) is 15.1. The average Bonchev–Trinajstić information content (AvgIpc) is 3.11. The van der Waals surface area contributed by atoms with Crippen LogP contribution in [0.2, 0.25) is 0 Å². The summed E-state index contributed by atoms with van der Waals surface area (Å²) in [4.78, 5) is 37.9. The summed E-state index contributed by atoms with van der Waals surface area (Å²) < 4.78 is 0.0901. The van der Waals surface area contributed by atoms with E-state index in [0.717, 1.165) is 49.8 Å². The van der Waals surface area contributed by atoms with Crippen LogP contribution in [0.1, 0.15) is 15.9 Å². The molecule has 1 heterocycles. The monoisotopic (exact) mass is 470 g/mol. The van der Waals surface area contributed by atoms with Crippen molar-refractivity contribution in [2.75, 3.05) is 0 Å². The number of nitro groups is 1. The molecule has 160 valence electrons. The number of hydrogen-bond acceptors (Lipinski definition) is 6. The molecule has 1 aliphatic heterocycles. The van der Waals surface area contributed by atoms with Gasteiger partial charge in [0.25, 0.3) is 17.5 Å². The van der Waals surface area contributed by atoms with Crippen LogP contribution in [0.3, 0.4) is 0 Å². The third-order valence-corrected chi connectivity index (χ3v) is 6.69. The normalized spacial score (nSPS) is 15.0. The van der Waals surface area contributed by atoms with Gasteiger partial charge in [-0.2, -0.15) is 0 Å². The van der Waals surface area contributed by atoms with Gasteiger partial charge in [-0.3, -0.25) is 19.7 Å². The zero-order valence-electron chi connectivity index (χ0n) is 16.9. The number of carbonyl (C=O) groups is 2. The van der Waals surface area contributed by atoms with Crippen molar-refractivity contribution in [3.05, 3.63) is 105 Å². The fraction of sp³-hybridized carbons (Fsp3) is 0. The molecule has 0 atom stereocenters. The summed E-state index contributed by atoms with van der Waals surface area (Å²) in [6, 6.07) is 23.1. The molecule has 6 nitrogen and oxygen atoms in total. The highest BCUT2D eigenvalue weighted by Gasteiger charge is 2.37. The number of thiocarbonyl (C=S) groups is 1. The number of non-ortho nitro benzene ring substituents is 1. The fourth-order valence-corrected chi connectivity index (χ4v) is 5.10. The van der Waals surface area contributed by atoms with Crippen LogP contribution < -0.4 is 0 Å². The number of thioether (sulfide) groups is 1. The number of amides is 2. The quantitative estimate of drug-likeness (QED) is 0.0920.